The van der Waals surface area contributed by atoms with Crippen molar-refractivity contribution in [2.45, 2.75) is 25.8 Å². The van der Waals surface area contributed by atoms with Crippen LogP contribution in [0.25, 0.3) is 0 Å². The number of hydrogen-bond acceptors (Lipinski definition) is 2. The van der Waals surface area contributed by atoms with Crippen LogP contribution in [0.5, 0.6) is 0 Å². The third kappa shape index (κ3) is 3.64. The lowest BCUT2D eigenvalue weighted by Gasteiger charge is -2.17. The summed E-state index contributed by atoms with van der Waals surface area (Å²) >= 11 is 3.18. The number of halogens is 2. The Balaban J connectivity index is 2.16. The average molecular weight is 337 g/mol. The molecule has 0 amide bonds. The number of nitrogens with zero attached hydrogens (tertiary/aromatic N) is 1. The van der Waals surface area contributed by atoms with Crippen molar-refractivity contribution in [3.05, 3.63) is 63.6 Å². The van der Waals surface area contributed by atoms with Crippen molar-refractivity contribution in [2.75, 3.05) is 7.05 Å². The van der Waals surface area contributed by atoms with Crippen molar-refractivity contribution in [1.29, 1.82) is 0 Å². The SMILES string of the molecule is CCc1ccc(CC(NC)c2ccc(Br)c(F)c2)nc1. The molecule has 0 saturated heterocycles. The maximum atomic E-state index is 13.6. The van der Waals surface area contributed by atoms with Crippen molar-refractivity contribution in [3.8, 4) is 0 Å². The predicted octanol–water partition coefficient (Wildman–Crippen LogP) is 4.05. The van der Waals surface area contributed by atoms with Crippen LogP contribution >= 0.6 is 15.9 Å². The number of nitrogens with one attached hydrogen (secondary N) is 1. The molecule has 0 saturated carbocycles. The Morgan fingerprint density at radius 3 is 2.65 bits per heavy atom. The molecule has 0 bridgehead atoms. The largest absolute Gasteiger partial charge is 0.313 e. The van der Waals surface area contributed by atoms with E-state index in [-0.39, 0.29) is 11.9 Å². The first kappa shape index (κ1) is 15.1. The zero-order valence-electron chi connectivity index (χ0n) is 11.7. The standard InChI is InChI=1S/C16H18BrFN2/c1-3-11-4-6-13(20-10-11)9-16(19-2)12-5-7-14(17)15(18)8-12/h4-8,10,16,19H,3,9H2,1-2H3. The highest BCUT2D eigenvalue weighted by molar-refractivity contribution is 9.10. The number of likely N-dealkylation sites (N-methyl/N-ethyl adjacent to an activating group) is 1. The van der Waals surface area contributed by atoms with Crippen molar-refractivity contribution in [1.82, 2.24) is 10.3 Å². The van der Waals surface area contributed by atoms with Gasteiger partial charge in [0.2, 0.25) is 0 Å². The summed E-state index contributed by atoms with van der Waals surface area (Å²) < 4.78 is 14.1. The van der Waals surface area contributed by atoms with Crippen LogP contribution in [0.2, 0.25) is 0 Å². The smallest absolute Gasteiger partial charge is 0.137 e. The van der Waals surface area contributed by atoms with Gasteiger partial charge in [-0.05, 0) is 58.7 Å². The van der Waals surface area contributed by atoms with Crippen molar-refractivity contribution in [3.63, 3.8) is 0 Å². The highest BCUT2D eigenvalue weighted by atomic mass is 79.9. The minimum atomic E-state index is -0.239. The average Bonchev–Trinajstić information content (AvgIpc) is 2.48. The van der Waals surface area contributed by atoms with Gasteiger partial charge in [0.1, 0.15) is 5.82 Å². The van der Waals surface area contributed by atoms with Crippen molar-refractivity contribution >= 4 is 15.9 Å². The van der Waals surface area contributed by atoms with Gasteiger partial charge in [0, 0.05) is 24.4 Å². The zero-order valence-corrected chi connectivity index (χ0v) is 13.2. The minimum Gasteiger partial charge on any atom is -0.313 e. The Labute approximate surface area is 127 Å². The van der Waals surface area contributed by atoms with E-state index in [1.54, 1.807) is 12.1 Å². The van der Waals surface area contributed by atoms with Gasteiger partial charge in [-0.2, -0.15) is 0 Å². The predicted molar refractivity (Wildman–Crippen MR) is 83.2 cm³/mol. The molecule has 0 aliphatic carbocycles. The second kappa shape index (κ2) is 6.95. The van der Waals surface area contributed by atoms with Gasteiger partial charge in [-0.3, -0.25) is 4.98 Å². The van der Waals surface area contributed by atoms with E-state index in [1.165, 1.54) is 5.56 Å². The molecule has 4 heteroatoms. The maximum Gasteiger partial charge on any atom is 0.137 e. The van der Waals surface area contributed by atoms with Gasteiger partial charge in [0.15, 0.2) is 0 Å². The second-order valence-corrected chi connectivity index (χ2v) is 5.58. The molecule has 2 aromatic rings. The highest BCUT2D eigenvalue weighted by Crippen LogP contribution is 2.22. The van der Waals surface area contributed by atoms with Crippen LogP contribution in [0.15, 0.2) is 41.0 Å². The molecule has 0 aliphatic rings. The Kier molecular flexibility index (Phi) is 5.26. The third-order valence-corrected chi connectivity index (χ3v) is 4.05. The minimum absolute atomic E-state index is 0.0533. The van der Waals surface area contributed by atoms with E-state index >= 15 is 0 Å². The number of aromatic nitrogens is 1. The van der Waals surface area contributed by atoms with E-state index in [2.05, 4.69) is 39.2 Å². The van der Waals surface area contributed by atoms with Crippen LogP contribution in [-0.4, -0.2) is 12.0 Å². The molecule has 1 N–H and O–H groups in total. The molecule has 0 fully saturated rings. The van der Waals surface area contributed by atoms with Crippen LogP contribution in [0.4, 0.5) is 4.39 Å². The first-order valence-electron chi connectivity index (χ1n) is 6.70. The molecule has 0 radical (unpaired) electrons. The summed E-state index contributed by atoms with van der Waals surface area (Å²) in [7, 11) is 1.88. The Bertz CT molecular complexity index is 569. The van der Waals surface area contributed by atoms with Gasteiger partial charge < -0.3 is 5.32 Å². The molecule has 1 aromatic heterocycles. The summed E-state index contributed by atoms with van der Waals surface area (Å²) in [4.78, 5) is 4.46. The number of hydrogen-bond donors (Lipinski definition) is 1. The molecular formula is C16H18BrFN2. The summed E-state index contributed by atoms with van der Waals surface area (Å²) in [6, 6.07) is 9.41. The topological polar surface area (TPSA) is 24.9 Å². The Hall–Kier alpha value is -1.26. The van der Waals surface area contributed by atoms with Crippen LogP contribution in [0.1, 0.15) is 29.8 Å². The van der Waals surface area contributed by atoms with E-state index in [0.29, 0.717) is 4.47 Å². The monoisotopic (exact) mass is 336 g/mol. The normalized spacial score (nSPS) is 12.4. The van der Waals surface area contributed by atoms with Gasteiger partial charge >= 0.3 is 0 Å². The fourth-order valence-corrected chi connectivity index (χ4v) is 2.36. The molecule has 1 unspecified atom stereocenters. The van der Waals surface area contributed by atoms with Crippen LogP contribution in [0.3, 0.4) is 0 Å². The Morgan fingerprint density at radius 2 is 2.10 bits per heavy atom. The second-order valence-electron chi connectivity index (χ2n) is 4.73. The van der Waals surface area contributed by atoms with E-state index in [0.717, 1.165) is 24.1 Å². The summed E-state index contributed by atoms with van der Waals surface area (Å²) in [5, 5.41) is 3.22. The van der Waals surface area contributed by atoms with Gasteiger partial charge in [0.25, 0.3) is 0 Å². The van der Waals surface area contributed by atoms with E-state index in [4.69, 9.17) is 0 Å². The lowest BCUT2D eigenvalue weighted by Crippen LogP contribution is -2.19. The van der Waals surface area contributed by atoms with E-state index < -0.39 is 0 Å². The molecule has 1 atom stereocenters. The van der Waals surface area contributed by atoms with E-state index in [9.17, 15) is 4.39 Å². The molecule has 2 nitrogen and oxygen atoms in total. The fraction of sp³-hybridized carbons (Fsp3) is 0.312. The van der Waals surface area contributed by atoms with Crippen LogP contribution in [0, 0.1) is 5.82 Å². The quantitative estimate of drug-likeness (QED) is 0.890. The first-order chi connectivity index (χ1) is 9.63. The van der Waals surface area contributed by atoms with Crippen molar-refractivity contribution in [2.24, 2.45) is 0 Å². The van der Waals surface area contributed by atoms with Gasteiger partial charge in [-0.1, -0.05) is 19.1 Å². The molecular weight excluding hydrogens is 319 g/mol. The summed E-state index contributed by atoms with van der Waals surface area (Å²) in [6.45, 7) is 2.11. The molecule has 0 aliphatic heterocycles. The van der Waals surface area contributed by atoms with Gasteiger partial charge in [0.05, 0.1) is 4.47 Å². The van der Waals surface area contributed by atoms with E-state index in [1.807, 2.05) is 25.4 Å². The molecule has 20 heavy (non-hydrogen) atoms. The first-order valence-corrected chi connectivity index (χ1v) is 7.49. The van der Waals surface area contributed by atoms with Crippen LogP contribution in [-0.2, 0) is 12.8 Å². The van der Waals surface area contributed by atoms with Gasteiger partial charge in [-0.15, -0.1) is 0 Å². The molecule has 0 spiro atoms. The Morgan fingerprint density at radius 1 is 1.30 bits per heavy atom. The molecule has 106 valence electrons. The third-order valence-electron chi connectivity index (χ3n) is 3.40. The zero-order chi connectivity index (χ0) is 14.5. The molecule has 2 rings (SSSR count). The number of aryl methyl sites for hydroxylation is 1. The van der Waals surface area contributed by atoms with Crippen molar-refractivity contribution < 1.29 is 4.39 Å². The number of pyridine rings is 1. The van der Waals surface area contributed by atoms with Gasteiger partial charge in [-0.25, -0.2) is 4.39 Å². The lowest BCUT2D eigenvalue weighted by atomic mass is 10.0. The summed E-state index contributed by atoms with van der Waals surface area (Å²) in [5.74, 6) is -0.239. The summed E-state index contributed by atoms with van der Waals surface area (Å²) in [5.41, 5.74) is 3.16. The maximum absolute atomic E-state index is 13.6. The summed E-state index contributed by atoms with van der Waals surface area (Å²) in [6.07, 6.45) is 3.63. The lowest BCUT2D eigenvalue weighted by molar-refractivity contribution is 0.569. The highest BCUT2D eigenvalue weighted by Gasteiger charge is 2.12. The molecule has 1 aromatic carbocycles. The number of rotatable bonds is 5. The fourth-order valence-electron chi connectivity index (χ4n) is 2.11. The van der Waals surface area contributed by atoms with Crippen LogP contribution < -0.4 is 5.32 Å². The molecule has 1 heterocycles. The number of benzene rings is 1.